The fraction of sp³-hybridized carbons (Fsp3) is 0.533. The Balaban J connectivity index is 2.31. The van der Waals surface area contributed by atoms with Crippen LogP contribution in [0.25, 0.3) is 0 Å². The Kier molecular flexibility index (Phi) is 4.10. The maximum atomic E-state index is 11.6. The van der Waals surface area contributed by atoms with Crippen LogP contribution in [0, 0.1) is 0 Å². The second-order valence-corrected chi connectivity index (χ2v) is 5.51. The minimum absolute atomic E-state index is 0.0816. The van der Waals surface area contributed by atoms with Crippen LogP contribution >= 0.6 is 0 Å². The first-order chi connectivity index (χ1) is 9.04. The molecule has 1 N–H and O–H groups in total. The van der Waals surface area contributed by atoms with Crippen molar-refractivity contribution < 1.29 is 9.53 Å². The number of nitrogens with zero attached hydrogens (tertiary/aromatic N) is 1. The molecule has 1 aliphatic heterocycles. The lowest BCUT2D eigenvalue weighted by molar-refractivity contribution is 0.0600. The second kappa shape index (κ2) is 5.61. The summed E-state index contributed by atoms with van der Waals surface area (Å²) >= 11 is 0. The molecule has 4 nitrogen and oxygen atoms in total. The van der Waals surface area contributed by atoms with Crippen LogP contribution in [0.4, 0.5) is 5.69 Å². The van der Waals surface area contributed by atoms with E-state index in [1.807, 2.05) is 12.1 Å². The molecule has 0 amide bonds. The molecule has 0 bridgehead atoms. The molecule has 0 saturated carbocycles. The van der Waals surface area contributed by atoms with E-state index in [1.165, 1.54) is 7.11 Å². The van der Waals surface area contributed by atoms with Crippen LogP contribution in [0.5, 0.6) is 0 Å². The number of nitrogens with one attached hydrogen (secondary N) is 1. The molecule has 104 valence electrons. The van der Waals surface area contributed by atoms with E-state index in [9.17, 15) is 4.79 Å². The van der Waals surface area contributed by atoms with Crippen molar-refractivity contribution in [1.82, 2.24) is 5.32 Å². The zero-order chi connectivity index (χ0) is 13.9. The van der Waals surface area contributed by atoms with E-state index in [0.29, 0.717) is 5.56 Å². The predicted molar refractivity (Wildman–Crippen MR) is 76.7 cm³/mol. The minimum Gasteiger partial charge on any atom is -0.465 e. The molecule has 1 fully saturated rings. The first kappa shape index (κ1) is 13.9. The Hall–Kier alpha value is -1.55. The van der Waals surface area contributed by atoms with E-state index in [4.69, 9.17) is 4.74 Å². The van der Waals surface area contributed by atoms with Crippen LogP contribution in [0.3, 0.4) is 0 Å². The summed E-state index contributed by atoms with van der Waals surface area (Å²) in [6, 6.07) is 7.67. The summed E-state index contributed by atoms with van der Waals surface area (Å²) in [4.78, 5) is 14.0. The van der Waals surface area contributed by atoms with Crippen molar-refractivity contribution in [1.29, 1.82) is 0 Å². The van der Waals surface area contributed by atoms with Gasteiger partial charge in [0.05, 0.1) is 12.7 Å². The number of hydrogen-bond acceptors (Lipinski definition) is 4. The second-order valence-electron chi connectivity index (χ2n) is 5.51. The van der Waals surface area contributed by atoms with Crippen molar-refractivity contribution in [2.75, 3.05) is 31.6 Å². The molecule has 0 unspecified atom stereocenters. The molecular weight excluding hydrogens is 240 g/mol. The van der Waals surface area contributed by atoms with Gasteiger partial charge in [-0.2, -0.15) is 0 Å². The highest BCUT2D eigenvalue weighted by Crippen LogP contribution is 2.28. The molecule has 1 aliphatic rings. The molecule has 0 radical (unpaired) electrons. The van der Waals surface area contributed by atoms with Crippen LogP contribution in [-0.2, 0) is 4.74 Å². The summed E-state index contributed by atoms with van der Waals surface area (Å²) in [6.45, 7) is 7.42. The Bertz CT molecular complexity index is 457. The van der Waals surface area contributed by atoms with Crippen molar-refractivity contribution in [3.05, 3.63) is 29.8 Å². The third-order valence-electron chi connectivity index (χ3n) is 3.74. The topological polar surface area (TPSA) is 41.6 Å². The lowest BCUT2D eigenvalue weighted by Crippen LogP contribution is -2.44. The van der Waals surface area contributed by atoms with Gasteiger partial charge in [-0.05, 0) is 45.0 Å². The number of carbonyl (C=O) groups is 1. The van der Waals surface area contributed by atoms with Gasteiger partial charge in [-0.15, -0.1) is 0 Å². The molecule has 1 aromatic rings. The summed E-state index contributed by atoms with van der Waals surface area (Å²) in [5, 5.41) is 3.42. The zero-order valence-electron chi connectivity index (χ0n) is 11.9. The normalized spacial score (nSPS) is 18.8. The number of ether oxygens (including phenoxy) is 1. The van der Waals surface area contributed by atoms with Crippen LogP contribution < -0.4 is 10.2 Å². The van der Waals surface area contributed by atoms with E-state index in [1.54, 1.807) is 6.07 Å². The van der Waals surface area contributed by atoms with Gasteiger partial charge >= 0.3 is 5.97 Å². The Morgan fingerprint density at radius 1 is 1.37 bits per heavy atom. The van der Waals surface area contributed by atoms with Gasteiger partial charge in [-0.1, -0.05) is 6.07 Å². The van der Waals surface area contributed by atoms with Crippen molar-refractivity contribution in [3.63, 3.8) is 0 Å². The Morgan fingerprint density at radius 3 is 2.89 bits per heavy atom. The highest BCUT2D eigenvalue weighted by Gasteiger charge is 2.28. The first-order valence-electron chi connectivity index (χ1n) is 6.71. The van der Waals surface area contributed by atoms with Crippen LogP contribution in [0.15, 0.2) is 24.3 Å². The SMILES string of the molecule is COC(=O)c1cccc(N2CCNCCC2(C)C)c1. The van der Waals surface area contributed by atoms with Crippen LogP contribution in [-0.4, -0.2) is 38.3 Å². The van der Waals surface area contributed by atoms with Gasteiger partial charge in [-0.25, -0.2) is 4.79 Å². The molecule has 0 spiro atoms. The van der Waals surface area contributed by atoms with E-state index >= 15 is 0 Å². The smallest absolute Gasteiger partial charge is 0.337 e. The van der Waals surface area contributed by atoms with Crippen molar-refractivity contribution in [3.8, 4) is 0 Å². The standard InChI is InChI=1S/C15H22N2O2/c1-15(2)7-8-16-9-10-17(15)13-6-4-5-12(11-13)14(18)19-3/h4-6,11,16H,7-10H2,1-3H3. The van der Waals surface area contributed by atoms with E-state index < -0.39 is 0 Å². The molecule has 19 heavy (non-hydrogen) atoms. The third-order valence-corrected chi connectivity index (χ3v) is 3.74. The molecule has 1 saturated heterocycles. The quantitative estimate of drug-likeness (QED) is 0.828. The Morgan fingerprint density at radius 2 is 2.16 bits per heavy atom. The van der Waals surface area contributed by atoms with Gasteiger partial charge < -0.3 is 15.0 Å². The molecule has 4 heteroatoms. The van der Waals surface area contributed by atoms with E-state index in [0.717, 1.165) is 31.7 Å². The monoisotopic (exact) mass is 262 g/mol. The number of esters is 1. The van der Waals surface area contributed by atoms with Gasteiger partial charge in [0.2, 0.25) is 0 Å². The average Bonchev–Trinajstić information content (AvgIpc) is 2.58. The summed E-state index contributed by atoms with van der Waals surface area (Å²) in [5.41, 5.74) is 1.77. The number of hydrogen-bond donors (Lipinski definition) is 1. The maximum absolute atomic E-state index is 11.6. The molecule has 1 aromatic carbocycles. The minimum atomic E-state index is -0.285. The summed E-state index contributed by atoms with van der Waals surface area (Å²) in [7, 11) is 1.41. The number of anilines is 1. The largest absolute Gasteiger partial charge is 0.465 e. The number of carbonyl (C=O) groups excluding carboxylic acids is 1. The fourth-order valence-electron chi connectivity index (χ4n) is 2.54. The van der Waals surface area contributed by atoms with Gasteiger partial charge in [0.25, 0.3) is 0 Å². The van der Waals surface area contributed by atoms with Gasteiger partial charge in [-0.3, -0.25) is 0 Å². The lowest BCUT2D eigenvalue weighted by Gasteiger charge is -2.39. The van der Waals surface area contributed by atoms with E-state index in [-0.39, 0.29) is 11.5 Å². The number of methoxy groups -OCH3 is 1. The summed E-state index contributed by atoms with van der Waals surface area (Å²) in [6.07, 6.45) is 1.08. The van der Waals surface area contributed by atoms with Crippen LogP contribution in [0.1, 0.15) is 30.6 Å². The average molecular weight is 262 g/mol. The molecule has 0 aliphatic carbocycles. The molecule has 0 atom stereocenters. The summed E-state index contributed by atoms with van der Waals surface area (Å²) in [5.74, 6) is -0.285. The molecular formula is C15H22N2O2. The van der Waals surface area contributed by atoms with Crippen LogP contribution in [0.2, 0.25) is 0 Å². The lowest BCUT2D eigenvalue weighted by atomic mass is 9.97. The maximum Gasteiger partial charge on any atom is 0.337 e. The first-order valence-corrected chi connectivity index (χ1v) is 6.71. The number of benzene rings is 1. The van der Waals surface area contributed by atoms with Gasteiger partial charge in [0.1, 0.15) is 0 Å². The molecule has 0 aromatic heterocycles. The Labute approximate surface area is 114 Å². The van der Waals surface area contributed by atoms with Gasteiger partial charge in [0.15, 0.2) is 0 Å². The van der Waals surface area contributed by atoms with Crippen molar-refractivity contribution in [2.24, 2.45) is 0 Å². The molecule has 2 rings (SSSR count). The van der Waals surface area contributed by atoms with Crippen molar-refractivity contribution >= 4 is 11.7 Å². The van der Waals surface area contributed by atoms with Gasteiger partial charge in [0, 0.05) is 24.3 Å². The third kappa shape index (κ3) is 3.07. The highest BCUT2D eigenvalue weighted by molar-refractivity contribution is 5.90. The number of rotatable bonds is 2. The highest BCUT2D eigenvalue weighted by atomic mass is 16.5. The zero-order valence-corrected chi connectivity index (χ0v) is 11.9. The van der Waals surface area contributed by atoms with Crippen molar-refractivity contribution in [2.45, 2.75) is 25.8 Å². The fourth-order valence-corrected chi connectivity index (χ4v) is 2.54. The van der Waals surface area contributed by atoms with E-state index in [2.05, 4.69) is 30.1 Å². The summed E-state index contributed by atoms with van der Waals surface area (Å²) < 4.78 is 4.79. The molecule has 1 heterocycles. The predicted octanol–water partition coefficient (Wildman–Crippen LogP) is 2.05.